The Morgan fingerprint density at radius 1 is 1.36 bits per heavy atom. The van der Waals surface area contributed by atoms with Crippen LogP contribution in [-0.2, 0) is 17.9 Å². The molecule has 0 aliphatic rings. The van der Waals surface area contributed by atoms with Crippen LogP contribution in [0.1, 0.15) is 23.7 Å². The molecular formula is C19H18BrCl2N5O. The number of amides is 1. The smallest absolute Gasteiger partial charge is 0.249 e. The minimum absolute atomic E-state index is 0.279. The van der Waals surface area contributed by atoms with Crippen molar-refractivity contribution >= 4 is 56.9 Å². The van der Waals surface area contributed by atoms with Gasteiger partial charge in [-0.25, -0.2) is 0 Å². The predicted molar refractivity (Wildman–Crippen MR) is 116 cm³/mol. The van der Waals surface area contributed by atoms with E-state index in [4.69, 9.17) is 23.2 Å². The normalized spacial score (nSPS) is 11.3. The summed E-state index contributed by atoms with van der Waals surface area (Å²) in [7, 11) is 0. The molecular weight excluding hydrogens is 465 g/mol. The van der Waals surface area contributed by atoms with E-state index in [9.17, 15) is 4.79 Å². The fourth-order valence-corrected chi connectivity index (χ4v) is 3.54. The van der Waals surface area contributed by atoms with E-state index in [1.54, 1.807) is 35.3 Å². The van der Waals surface area contributed by atoms with Crippen molar-refractivity contribution < 1.29 is 4.79 Å². The van der Waals surface area contributed by atoms with Gasteiger partial charge < -0.3 is 5.32 Å². The maximum absolute atomic E-state index is 12.3. The monoisotopic (exact) mass is 481 g/mol. The molecule has 3 rings (SSSR count). The predicted octanol–water partition coefficient (Wildman–Crippen LogP) is 5.18. The van der Waals surface area contributed by atoms with Crippen LogP contribution in [0.25, 0.3) is 6.08 Å². The molecule has 6 nitrogen and oxygen atoms in total. The van der Waals surface area contributed by atoms with E-state index in [1.807, 2.05) is 24.6 Å². The van der Waals surface area contributed by atoms with Gasteiger partial charge in [-0.3, -0.25) is 14.2 Å². The molecule has 9 heteroatoms. The Labute approximate surface area is 181 Å². The molecule has 0 saturated carbocycles. The first-order chi connectivity index (χ1) is 13.4. The zero-order valence-electron chi connectivity index (χ0n) is 15.3. The summed E-state index contributed by atoms with van der Waals surface area (Å²) >= 11 is 15.6. The number of nitrogens with one attached hydrogen (secondary N) is 1. The van der Waals surface area contributed by atoms with Gasteiger partial charge in [0.2, 0.25) is 5.91 Å². The molecule has 2 heterocycles. The zero-order chi connectivity index (χ0) is 20.3. The lowest BCUT2D eigenvalue weighted by Gasteiger charge is -2.05. The minimum atomic E-state index is -0.279. The summed E-state index contributed by atoms with van der Waals surface area (Å²) < 4.78 is 4.24. The summed E-state index contributed by atoms with van der Waals surface area (Å²) in [6.07, 6.45) is 6.72. The Morgan fingerprint density at radius 2 is 2.14 bits per heavy atom. The molecule has 0 bridgehead atoms. The quantitative estimate of drug-likeness (QED) is 0.492. The molecule has 146 valence electrons. The van der Waals surface area contributed by atoms with Crippen molar-refractivity contribution in [1.29, 1.82) is 0 Å². The average Bonchev–Trinajstić information content (AvgIpc) is 3.17. The molecule has 0 fully saturated rings. The molecule has 0 unspecified atom stereocenters. The number of hydrogen-bond acceptors (Lipinski definition) is 3. The van der Waals surface area contributed by atoms with Crippen LogP contribution in [0, 0.1) is 6.92 Å². The maximum atomic E-state index is 12.3. The van der Waals surface area contributed by atoms with E-state index in [0.717, 1.165) is 23.4 Å². The molecule has 2 aromatic heterocycles. The third kappa shape index (κ3) is 4.84. The number of anilines is 1. The van der Waals surface area contributed by atoms with E-state index in [2.05, 4.69) is 31.4 Å². The lowest BCUT2D eigenvalue weighted by molar-refractivity contribution is -0.111. The third-order valence-electron chi connectivity index (χ3n) is 4.16. The van der Waals surface area contributed by atoms with Gasteiger partial charge in [-0.15, -0.1) is 0 Å². The van der Waals surface area contributed by atoms with Crippen LogP contribution in [0.5, 0.6) is 0 Å². The molecule has 28 heavy (non-hydrogen) atoms. The Kier molecular flexibility index (Phi) is 6.59. The number of hydrogen-bond donors (Lipinski definition) is 1. The van der Waals surface area contributed by atoms with Gasteiger partial charge in [0.05, 0.1) is 17.2 Å². The number of benzene rings is 1. The van der Waals surface area contributed by atoms with Gasteiger partial charge >= 0.3 is 0 Å². The standard InChI is InChI=1S/C19H18BrCl2N5O/c1-3-27-12(2)13(9-23-27)5-7-18(28)24-19-16(20)11-26(25-19)10-14-4-6-15(21)8-17(14)22/h4-9,11H,3,10H2,1-2H3,(H,24,25,28)/b7-5+. The van der Waals surface area contributed by atoms with Gasteiger partial charge in [-0.1, -0.05) is 29.3 Å². The highest BCUT2D eigenvalue weighted by Crippen LogP contribution is 2.24. The van der Waals surface area contributed by atoms with Crippen molar-refractivity contribution in [1.82, 2.24) is 19.6 Å². The van der Waals surface area contributed by atoms with Crippen molar-refractivity contribution in [3.8, 4) is 0 Å². The first kappa shape index (κ1) is 20.6. The summed E-state index contributed by atoms with van der Waals surface area (Å²) in [5.74, 6) is 0.153. The number of aromatic nitrogens is 4. The molecule has 0 aliphatic carbocycles. The highest BCUT2D eigenvalue weighted by Gasteiger charge is 2.11. The molecule has 0 spiro atoms. The van der Waals surface area contributed by atoms with E-state index in [0.29, 0.717) is 26.9 Å². The number of carbonyl (C=O) groups is 1. The summed E-state index contributed by atoms with van der Waals surface area (Å²) in [5, 5.41) is 12.6. The highest BCUT2D eigenvalue weighted by atomic mass is 79.9. The first-order valence-electron chi connectivity index (χ1n) is 8.55. The molecule has 1 aromatic carbocycles. The molecule has 1 amide bonds. The van der Waals surface area contributed by atoms with Crippen molar-refractivity contribution in [3.05, 3.63) is 68.0 Å². The first-order valence-corrected chi connectivity index (χ1v) is 10.1. The molecule has 0 radical (unpaired) electrons. The van der Waals surface area contributed by atoms with Gasteiger partial charge in [-0.05, 0) is 53.5 Å². The van der Waals surface area contributed by atoms with Crippen LogP contribution in [0.3, 0.4) is 0 Å². The molecule has 0 atom stereocenters. The molecule has 0 saturated heterocycles. The third-order valence-corrected chi connectivity index (χ3v) is 5.33. The van der Waals surface area contributed by atoms with E-state index in [-0.39, 0.29) is 5.91 Å². The van der Waals surface area contributed by atoms with Crippen LogP contribution >= 0.6 is 39.1 Å². The van der Waals surface area contributed by atoms with Gasteiger partial charge in [0.15, 0.2) is 5.82 Å². The van der Waals surface area contributed by atoms with Crippen LogP contribution < -0.4 is 5.32 Å². The Bertz CT molecular complexity index is 1040. The second kappa shape index (κ2) is 8.94. The lowest BCUT2D eigenvalue weighted by Crippen LogP contribution is -2.10. The van der Waals surface area contributed by atoms with Gasteiger partial charge in [0.25, 0.3) is 0 Å². The van der Waals surface area contributed by atoms with Crippen LogP contribution in [0.2, 0.25) is 10.0 Å². The van der Waals surface area contributed by atoms with Crippen LogP contribution in [-0.4, -0.2) is 25.5 Å². The van der Waals surface area contributed by atoms with Crippen molar-refractivity contribution in [2.45, 2.75) is 26.9 Å². The molecule has 1 N–H and O–H groups in total. The van der Waals surface area contributed by atoms with Gasteiger partial charge in [0, 0.05) is 40.1 Å². The summed E-state index contributed by atoms with van der Waals surface area (Å²) in [5.41, 5.74) is 2.79. The summed E-state index contributed by atoms with van der Waals surface area (Å²) in [6, 6.07) is 5.31. The number of aryl methyl sites for hydroxylation is 1. The number of halogens is 3. The summed E-state index contributed by atoms with van der Waals surface area (Å²) in [6.45, 7) is 5.23. The summed E-state index contributed by atoms with van der Waals surface area (Å²) in [4.78, 5) is 12.3. The van der Waals surface area contributed by atoms with E-state index < -0.39 is 0 Å². The molecule has 0 aliphatic heterocycles. The minimum Gasteiger partial charge on any atom is -0.305 e. The van der Waals surface area contributed by atoms with Gasteiger partial charge in [0.1, 0.15) is 0 Å². The van der Waals surface area contributed by atoms with Crippen molar-refractivity contribution in [3.63, 3.8) is 0 Å². The maximum Gasteiger partial charge on any atom is 0.249 e. The van der Waals surface area contributed by atoms with E-state index in [1.165, 1.54) is 6.08 Å². The van der Waals surface area contributed by atoms with E-state index >= 15 is 0 Å². The second-order valence-corrected chi connectivity index (χ2v) is 7.78. The zero-order valence-corrected chi connectivity index (χ0v) is 18.4. The Balaban J connectivity index is 1.68. The molecule has 3 aromatic rings. The number of rotatable bonds is 6. The average molecular weight is 483 g/mol. The fourth-order valence-electron chi connectivity index (χ4n) is 2.65. The number of carbonyl (C=O) groups excluding carboxylic acids is 1. The van der Waals surface area contributed by atoms with Crippen molar-refractivity contribution in [2.75, 3.05) is 5.32 Å². The number of nitrogens with zero attached hydrogens (tertiary/aromatic N) is 4. The Morgan fingerprint density at radius 3 is 2.82 bits per heavy atom. The van der Waals surface area contributed by atoms with Crippen LogP contribution in [0.15, 0.2) is 41.1 Å². The second-order valence-electron chi connectivity index (χ2n) is 6.08. The topological polar surface area (TPSA) is 64.7 Å². The largest absolute Gasteiger partial charge is 0.305 e. The van der Waals surface area contributed by atoms with Gasteiger partial charge in [-0.2, -0.15) is 10.2 Å². The fraction of sp³-hybridized carbons (Fsp3) is 0.211. The van der Waals surface area contributed by atoms with Crippen LogP contribution in [0.4, 0.5) is 5.82 Å². The Hall–Kier alpha value is -2.09. The lowest BCUT2D eigenvalue weighted by atomic mass is 10.2. The SMILES string of the molecule is CCn1ncc(/C=C/C(=O)Nc2nn(Cc3ccc(Cl)cc3Cl)cc2Br)c1C. The highest BCUT2D eigenvalue weighted by molar-refractivity contribution is 9.10. The van der Waals surface area contributed by atoms with Crippen molar-refractivity contribution in [2.24, 2.45) is 0 Å².